The van der Waals surface area contributed by atoms with Gasteiger partial charge in [-0.05, 0) is 23.1 Å². The molecule has 1 aromatic heterocycles. The summed E-state index contributed by atoms with van der Waals surface area (Å²) in [6.45, 7) is 0.293. The minimum Gasteiger partial charge on any atom is -0.350 e. The SMILES string of the molecule is O=C(NCc1cccs1)C1C(=O)N(O)C(=O)c2ccccc21. The number of fused-ring (bicyclic) bond motifs is 1. The predicted molar refractivity (Wildman–Crippen MR) is 78.3 cm³/mol. The van der Waals surface area contributed by atoms with Gasteiger partial charge in [-0.1, -0.05) is 24.3 Å². The van der Waals surface area contributed by atoms with Crippen LogP contribution in [0.5, 0.6) is 0 Å². The van der Waals surface area contributed by atoms with Gasteiger partial charge in [0.05, 0.1) is 6.54 Å². The van der Waals surface area contributed by atoms with Crippen molar-refractivity contribution in [2.24, 2.45) is 0 Å². The molecule has 2 N–H and O–H groups in total. The van der Waals surface area contributed by atoms with Crippen molar-refractivity contribution in [3.8, 4) is 0 Å². The van der Waals surface area contributed by atoms with E-state index in [0.717, 1.165) is 4.88 Å². The minimum absolute atomic E-state index is 0.0116. The molecule has 0 bridgehead atoms. The lowest BCUT2D eigenvalue weighted by atomic mass is 9.88. The standard InChI is InChI=1S/C15H12N2O4S/c18-13(16-8-9-4-3-7-22-9)12-10-5-1-2-6-11(10)14(19)17(21)15(12)20/h1-7,12,21H,8H2,(H,16,18). The van der Waals surface area contributed by atoms with Crippen molar-refractivity contribution in [3.05, 3.63) is 57.8 Å². The fourth-order valence-corrected chi connectivity index (χ4v) is 3.00. The van der Waals surface area contributed by atoms with Gasteiger partial charge in [0.15, 0.2) is 0 Å². The summed E-state index contributed by atoms with van der Waals surface area (Å²) in [5.74, 6) is -3.52. The van der Waals surface area contributed by atoms with Crippen LogP contribution in [0.1, 0.15) is 26.7 Å². The third-order valence-corrected chi connectivity index (χ3v) is 4.31. The number of hydrogen-bond donors (Lipinski definition) is 2. The normalized spacial score (nSPS) is 17.3. The van der Waals surface area contributed by atoms with Crippen LogP contribution in [0.3, 0.4) is 0 Å². The van der Waals surface area contributed by atoms with Gasteiger partial charge in [-0.3, -0.25) is 19.6 Å². The van der Waals surface area contributed by atoms with Crippen LogP contribution < -0.4 is 5.32 Å². The van der Waals surface area contributed by atoms with Gasteiger partial charge in [0.25, 0.3) is 11.8 Å². The van der Waals surface area contributed by atoms with E-state index in [1.807, 2.05) is 17.5 Å². The molecule has 0 radical (unpaired) electrons. The van der Waals surface area contributed by atoms with Gasteiger partial charge in [0.1, 0.15) is 5.92 Å². The zero-order valence-electron chi connectivity index (χ0n) is 11.4. The Kier molecular flexibility index (Phi) is 3.74. The summed E-state index contributed by atoms with van der Waals surface area (Å²) < 4.78 is 0. The number of benzene rings is 1. The molecule has 1 aliphatic rings. The highest BCUT2D eigenvalue weighted by Crippen LogP contribution is 2.28. The number of rotatable bonds is 3. The monoisotopic (exact) mass is 316 g/mol. The molecule has 2 heterocycles. The first-order valence-electron chi connectivity index (χ1n) is 6.56. The second-order valence-electron chi connectivity index (χ2n) is 4.77. The molecule has 7 heteroatoms. The Morgan fingerprint density at radius 2 is 2.00 bits per heavy atom. The summed E-state index contributed by atoms with van der Waals surface area (Å²) in [6.07, 6.45) is 0. The third kappa shape index (κ3) is 2.40. The molecule has 1 aromatic carbocycles. The van der Waals surface area contributed by atoms with E-state index in [-0.39, 0.29) is 10.6 Å². The smallest absolute Gasteiger partial charge is 0.284 e. The highest BCUT2D eigenvalue weighted by atomic mass is 32.1. The fraction of sp³-hybridized carbons (Fsp3) is 0.133. The molecule has 3 rings (SSSR count). The Labute approximate surface area is 129 Å². The van der Waals surface area contributed by atoms with Crippen LogP contribution in [0.2, 0.25) is 0 Å². The highest BCUT2D eigenvalue weighted by molar-refractivity contribution is 7.09. The van der Waals surface area contributed by atoms with Crippen LogP contribution in [0, 0.1) is 0 Å². The molecule has 2 aromatic rings. The van der Waals surface area contributed by atoms with E-state index < -0.39 is 23.6 Å². The summed E-state index contributed by atoms with van der Waals surface area (Å²) in [4.78, 5) is 37.3. The molecule has 1 atom stereocenters. The summed E-state index contributed by atoms with van der Waals surface area (Å²) in [5, 5.41) is 14.2. The number of hydroxylamine groups is 2. The zero-order valence-corrected chi connectivity index (χ0v) is 12.2. The fourth-order valence-electron chi connectivity index (χ4n) is 2.36. The van der Waals surface area contributed by atoms with Crippen molar-refractivity contribution in [1.29, 1.82) is 0 Å². The molecule has 1 unspecified atom stereocenters. The Morgan fingerprint density at radius 1 is 1.23 bits per heavy atom. The first-order valence-corrected chi connectivity index (χ1v) is 7.43. The Balaban J connectivity index is 1.88. The van der Waals surface area contributed by atoms with Gasteiger partial charge in [0, 0.05) is 10.4 Å². The number of nitrogens with zero attached hydrogens (tertiary/aromatic N) is 1. The van der Waals surface area contributed by atoms with E-state index in [4.69, 9.17) is 0 Å². The van der Waals surface area contributed by atoms with Gasteiger partial charge in [0.2, 0.25) is 5.91 Å². The number of nitrogens with one attached hydrogen (secondary N) is 1. The molecule has 1 aliphatic heterocycles. The van der Waals surface area contributed by atoms with Crippen LogP contribution in [0.25, 0.3) is 0 Å². The summed E-state index contributed by atoms with van der Waals surface area (Å²) in [6, 6.07) is 10.0. The highest BCUT2D eigenvalue weighted by Gasteiger charge is 2.42. The largest absolute Gasteiger partial charge is 0.350 e. The molecular weight excluding hydrogens is 304 g/mol. The van der Waals surface area contributed by atoms with Crippen LogP contribution in [-0.2, 0) is 16.1 Å². The zero-order chi connectivity index (χ0) is 15.7. The maximum atomic E-state index is 12.3. The van der Waals surface area contributed by atoms with Gasteiger partial charge in [-0.15, -0.1) is 11.3 Å². The molecule has 0 spiro atoms. The number of carbonyl (C=O) groups excluding carboxylic acids is 3. The number of imide groups is 1. The van der Waals surface area contributed by atoms with Gasteiger partial charge in [-0.25, -0.2) is 0 Å². The summed E-state index contributed by atoms with van der Waals surface area (Å²) in [5.41, 5.74) is 0.465. The molecular formula is C15H12N2O4S. The molecule has 0 fully saturated rings. The second kappa shape index (κ2) is 5.70. The summed E-state index contributed by atoms with van der Waals surface area (Å²) in [7, 11) is 0. The maximum Gasteiger partial charge on any atom is 0.284 e. The molecule has 6 nitrogen and oxygen atoms in total. The van der Waals surface area contributed by atoms with Crippen molar-refractivity contribution >= 4 is 29.1 Å². The first-order chi connectivity index (χ1) is 10.6. The molecule has 22 heavy (non-hydrogen) atoms. The lowest BCUT2D eigenvalue weighted by molar-refractivity contribution is -0.158. The van der Waals surface area contributed by atoms with Crippen molar-refractivity contribution < 1.29 is 19.6 Å². The molecule has 112 valence electrons. The van der Waals surface area contributed by atoms with E-state index in [0.29, 0.717) is 12.1 Å². The minimum atomic E-state index is -1.22. The van der Waals surface area contributed by atoms with Crippen LogP contribution in [0.4, 0.5) is 0 Å². The Hall–Kier alpha value is -2.51. The maximum absolute atomic E-state index is 12.3. The van der Waals surface area contributed by atoms with Crippen molar-refractivity contribution in [2.75, 3.05) is 0 Å². The molecule has 3 amide bonds. The lowest BCUT2D eigenvalue weighted by Crippen LogP contribution is -2.47. The van der Waals surface area contributed by atoms with E-state index in [2.05, 4.69) is 5.32 Å². The number of hydrogen-bond acceptors (Lipinski definition) is 5. The van der Waals surface area contributed by atoms with Crippen LogP contribution in [0.15, 0.2) is 41.8 Å². The van der Waals surface area contributed by atoms with Gasteiger partial charge >= 0.3 is 0 Å². The first kappa shape index (κ1) is 14.4. The Bertz CT molecular complexity index is 742. The van der Waals surface area contributed by atoms with E-state index in [1.165, 1.54) is 17.4 Å². The van der Waals surface area contributed by atoms with E-state index >= 15 is 0 Å². The molecule has 0 saturated heterocycles. The lowest BCUT2D eigenvalue weighted by Gasteiger charge is -2.27. The van der Waals surface area contributed by atoms with Crippen molar-refractivity contribution in [3.63, 3.8) is 0 Å². The predicted octanol–water partition coefficient (Wildman–Crippen LogP) is 1.52. The quantitative estimate of drug-likeness (QED) is 0.511. The Morgan fingerprint density at radius 3 is 2.73 bits per heavy atom. The van der Waals surface area contributed by atoms with Gasteiger partial charge < -0.3 is 5.32 Å². The average molecular weight is 316 g/mol. The second-order valence-corrected chi connectivity index (χ2v) is 5.80. The number of amides is 3. The van der Waals surface area contributed by atoms with Crippen molar-refractivity contribution in [1.82, 2.24) is 10.4 Å². The molecule has 0 saturated carbocycles. The number of carbonyl (C=O) groups is 3. The average Bonchev–Trinajstić information content (AvgIpc) is 3.04. The molecule has 0 aliphatic carbocycles. The van der Waals surface area contributed by atoms with Crippen molar-refractivity contribution in [2.45, 2.75) is 12.5 Å². The topological polar surface area (TPSA) is 86.7 Å². The third-order valence-electron chi connectivity index (χ3n) is 3.43. The van der Waals surface area contributed by atoms with E-state index in [9.17, 15) is 19.6 Å². The van der Waals surface area contributed by atoms with Gasteiger partial charge in [-0.2, -0.15) is 5.06 Å². The van der Waals surface area contributed by atoms with E-state index in [1.54, 1.807) is 18.2 Å². The number of thiophene rings is 1. The van der Waals surface area contributed by atoms with Crippen LogP contribution in [-0.4, -0.2) is 28.0 Å². The summed E-state index contributed by atoms with van der Waals surface area (Å²) >= 11 is 1.49. The van der Waals surface area contributed by atoms with Crippen LogP contribution >= 0.6 is 11.3 Å².